The maximum Gasteiger partial charge on any atom is 0.394 e. The molecule has 3 aliphatic heterocycles. The molecule has 730 valence electrons. The summed E-state index contributed by atoms with van der Waals surface area (Å²) in [5.41, 5.74) is -5.24. The summed E-state index contributed by atoms with van der Waals surface area (Å²) < 4.78 is 224. The number of carbonyl (C=O) groups is 3. The fourth-order valence-electron chi connectivity index (χ4n) is 16.4. The molecule has 3 aromatic carbocycles. The van der Waals surface area contributed by atoms with Crippen LogP contribution in [0.2, 0.25) is 71.2 Å². The van der Waals surface area contributed by atoms with E-state index in [2.05, 4.69) is 138 Å². The SMILES string of the molecule is CC1(C)C[CH]([Ge]([CH3])([CH3])[CH3])CN1.CC1(C)C[CH]([Ge]([CH3])([CH3])[CH3])CN1c1nc(-n2ccc(OCCC3(C(F)(F)F)CC3)n2)ccc1C(=O)NS(=O)(=O)c1ccccc1.CC1(C)C[CH]([Ge]([CH3])([CH3])[CH3])CN1c1nc(-n2ccc(OCCC3(C(F)(F)F)CC3)n2)ccc1C(=O)NS(=O)(=O)c1ccccc1.Cl.O=C(NS(=O)(=O)c1ccccc1)c1ccc(-n2ccc(OCCC3(C(F)(F)F)CC3)n2)nc1Cl. The topological polar surface area (TPSA) is 328 Å². The number of amides is 3. The molecule has 3 saturated heterocycles. The van der Waals surface area contributed by atoms with Crippen LogP contribution in [0.15, 0.2) is 179 Å². The van der Waals surface area contributed by atoms with E-state index >= 15 is 0 Å². The molecule has 6 aliphatic rings. The summed E-state index contributed by atoms with van der Waals surface area (Å²) in [4.78, 5) is 57.3. The molecule has 9 aromatic rings. The predicted octanol–water partition coefficient (Wildman–Crippen LogP) is 19.4. The van der Waals surface area contributed by atoms with E-state index in [4.69, 9.17) is 35.8 Å². The maximum atomic E-state index is 13.6. The minimum absolute atomic E-state index is 0. The van der Waals surface area contributed by atoms with Crippen molar-refractivity contribution in [2.24, 2.45) is 16.2 Å². The Morgan fingerprint density at radius 3 is 0.948 bits per heavy atom. The molecular formula is C90H116Cl2F9Ge3N15O12S3. The Bertz CT molecular complexity index is 5790. The van der Waals surface area contributed by atoms with Gasteiger partial charge in [0.1, 0.15) is 5.15 Å². The standard InChI is InChI=1S/2C30H38F3GeN5O4S.C21H18ClF3N4O4S.C9H21GeN.ClH/c2*1-28(2)19-21(34(3,4)5)20-38(28)26-23(27(40)37-44(41,42)22-9-7-6-8-10-22)11-12-24(35-26)39-17-13-25(36-39)43-18-16-29(14-15-29)30(31,32)33;22-18-15(19(30)28-34(31,32)14-4-2-1-3-5-14)6-7-16(26-18)29-12-8-17(27-29)33-13-11-20(9-10-20)21(23,24)25;1-9(2)6-8(7-11-9)10(3,4)5;/h2*6-13,17,21H,14-16,18-20H2,1-5H3,(H,37,40);1-8,12H,9-11,13H2,(H,28,30);8,11H,6-7H2,1-5H3;1H. The van der Waals surface area contributed by atoms with Gasteiger partial charge in [-0.2, -0.15) is 39.5 Å². The summed E-state index contributed by atoms with van der Waals surface area (Å²) in [7, 11) is -12.4. The number of hydrogen-bond donors (Lipinski definition) is 4. The molecule has 4 N–H and O–H groups in total. The van der Waals surface area contributed by atoms with Crippen molar-refractivity contribution in [1.82, 2.24) is 63.8 Å². The molecule has 0 bridgehead atoms. The Morgan fingerprint density at radius 1 is 0.418 bits per heavy atom. The van der Waals surface area contributed by atoms with Crippen LogP contribution in [0, 0.1) is 16.2 Å². The number of aromatic nitrogens is 9. The molecule has 0 spiro atoms. The molecule has 134 heavy (non-hydrogen) atoms. The van der Waals surface area contributed by atoms with Crippen molar-refractivity contribution in [3.63, 3.8) is 0 Å². The largest absolute Gasteiger partial charge is 0.477 e. The zero-order chi connectivity index (χ0) is 97.5. The molecule has 44 heteroatoms. The third kappa shape index (κ3) is 25.7. The van der Waals surface area contributed by atoms with Crippen LogP contribution < -0.4 is 43.5 Å². The van der Waals surface area contributed by atoms with Crippen LogP contribution in [0.5, 0.6) is 17.6 Å². The van der Waals surface area contributed by atoms with Gasteiger partial charge in [-0.05, 0) is 69.2 Å². The van der Waals surface area contributed by atoms with Crippen LogP contribution in [-0.4, -0.2) is 202 Å². The van der Waals surface area contributed by atoms with Crippen molar-refractivity contribution in [2.75, 3.05) is 49.3 Å². The Balaban J connectivity index is 0.000000183. The third-order valence-corrected chi connectivity index (χ3v) is 48.1. The first kappa shape index (κ1) is 106. The summed E-state index contributed by atoms with van der Waals surface area (Å²) in [6.45, 7) is 15.2. The van der Waals surface area contributed by atoms with Crippen LogP contribution in [0.1, 0.15) is 150 Å². The van der Waals surface area contributed by atoms with Gasteiger partial charge in [-0.1, -0.05) is 29.8 Å². The molecule has 6 aromatic heterocycles. The van der Waals surface area contributed by atoms with Crippen molar-refractivity contribution in [3.05, 3.63) is 186 Å². The van der Waals surface area contributed by atoms with E-state index in [9.17, 15) is 79.2 Å². The second-order valence-electron chi connectivity index (χ2n) is 40.2. The number of rotatable bonds is 29. The fraction of sp³-hybridized carbons (Fsp3) is 0.500. The molecule has 3 amide bonds. The Labute approximate surface area is 795 Å². The number of alkyl halides is 9. The quantitative estimate of drug-likeness (QED) is 0.0192. The number of nitrogens with one attached hydrogen (secondary N) is 4. The molecular weight excluding hydrogens is 2040 g/mol. The van der Waals surface area contributed by atoms with E-state index in [1.54, 1.807) is 79.1 Å². The van der Waals surface area contributed by atoms with E-state index in [0.29, 0.717) is 51.4 Å². The van der Waals surface area contributed by atoms with Crippen LogP contribution in [0.25, 0.3) is 17.5 Å². The summed E-state index contributed by atoms with van der Waals surface area (Å²) >= 11 is 0.463. The number of hydrogen-bond acceptors (Lipinski definition) is 21. The fourth-order valence-corrected chi connectivity index (χ4v) is 31.1. The van der Waals surface area contributed by atoms with E-state index in [1.165, 1.54) is 112 Å². The van der Waals surface area contributed by atoms with Gasteiger partial charge in [0.2, 0.25) is 5.88 Å². The van der Waals surface area contributed by atoms with Crippen molar-refractivity contribution < 1.29 is 93.4 Å². The van der Waals surface area contributed by atoms with Crippen molar-refractivity contribution in [2.45, 2.75) is 234 Å². The molecule has 3 saturated carbocycles. The first-order valence-electron chi connectivity index (χ1n) is 43.8. The normalized spacial score (nSPS) is 19.2. The van der Waals surface area contributed by atoms with Gasteiger partial charge < -0.3 is 4.74 Å². The number of sulfonamides is 3. The van der Waals surface area contributed by atoms with Crippen LogP contribution >= 0.6 is 24.0 Å². The summed E-state index contributed by atoms with van der Waals surface area (Å²) in [5, 5.41) is 16.1. The third-order valence-electron chi connectivity index (χ3n) is 25.9. The van der Waals surface area contributed by atoms with Gasteiger partial charge in [0.15, 0.2) is 5.82 Å². The Kier molecular flexibility index (Phi) is 31.8. The molecule has 27 nitrogen and oxygen atoms in total. The molecule has 0 radical (unpaired) electrons. The summed E-state index contributed by atoms with van der Waals surface area (Å²) in [6.07, 6.45) is -4.67. The minimum atomic E-state index is -4.25. The van der Waals surface area contributed by atoms with E-state index in [-0.39, 0.29) is 161 Å². The van der Waals surface area contributed by atoms with Crippen molar-refractivity contribution in [3.8, 4) is 35.1 Å². The summed E-state index contributed by atoms with van der Waals surface area (Å²) in [5.74, 6) is 21.1. The second kappa shape index (κ2) is 40.2. The number of pyridine rings is 3. The van der Waals surface area contributed by atoms with Crippen molar-refractivity contribution >= 4 is 123 Å². The number of anilines is 2. The van der Waals surface area contributed by atoms with E-state index in [0.717, 1.165) is 17.6 Å². The molecule has 3 atom stereocenters. The maximum absolute atomic E-state index is 13.6. The smallest absolute Gasteiger partial charge is 0.394 e. The van der Waals surface area contributed by atoms with Gasteiger partial charge in [0.25, 0.3) is 15.9 Å². The van der Waals surface area contributed by atoms with E-state index < -0.39 is 122 Å². The molecule has 15 rings (SSSR count). The van der Waals surface area contributed by atoms with Gasteiger partial charge in [0.05, 0.1) is 33.3 Å². The van der Waals surface area contributed by atoms with Gasteiger partial charge in [0, 0.05) is 12.3 Å². The Hall–Kier alpha value is -8.46. The van der Waals surface area contributed by atoms with Gasteiger partial charge in [-0.15, -0.1) is 17.5 Å². The van der Waals surface area contributed by atoms with E-state index in [1.807, 2.05) is 4.72 Å². The van der Waals surface area contributed by atoms with Gasteiger partial charge in [-0.3, -0.25) is 4.79 Å². The Morgan fingerprint density at radius 2 is 0.701 bits per heavy atom. The molecule has 6 fully saturated rings. The van der Waals surface area contributed by atoms with Crippen molar-refractivity contribution in [1.29, 1.82) is 0 Å². The zero-order valence-electron chi connectivity index (χ0n) is 77.3. The molecule has 9 heterocycles. The molecule has 3 aliphatic carbocycles. The number of halogens is 11. The average molecular weight is 2160 g/mol. The van der Waals surface area contributed by atoms with Crippen LogP contribution in [0.4, 0.5) is 51.1 Å². The predicted molar refractivity (Wildman–Crippen MR) is 503 cm³/mol. The van der Waals surface area contributed by atoms with Crippen LogP contribution in [-0.2, 0) is 30.1 Å². The second-order valence-corrected chi connectivity index (χ2v) is 80.5. The van der Waals surface area contributed by atoms with Crippen LogP contribution in [0.3, 0.4) is 0 Å². The first-order valence-corrected chi connectivity index (χ1v) is 71.1. The first-order chi connectivity index (χ1) is 61.7. The number of benzene rings is 3. The monoisotopic (exact) mass is 2160 g/mol. The number of carbonyl (C=O) groups excluding carboxylic acids is 3. The van der Waals surface area contributed by atoms with Gasteiger partial charge in [-0.25, -0.2) is 22.8 Å². The molecule has 3 unspecified atom stereocenters. The average Bonchev–Trinajstić information content (AvgIpc) is 1.61. The minimum Gasteiger partial charge on any atom is -0.477 e. The zero-order valence-corrected chi connectivity index (χ0v) is 87.6. The van der Waals surface area contributed by atoms with Gasteiger partial charge >= 0.3 is 535 Å². The number of ether oxygens (including phenoxy) is 3. The number of nitrogens with zero attached hydrogens (tertiary/aromatic N) is 11. The summed E-state index contributed by atoms with van der Waals surface area (Å²) in [6, 6.07) is 36.0.